The average molecular weight is 655 g/mol. The highest BCUT2D eigenvalue weighted by atomic mass is 16.3. The van der Waals surface area contributed by atoms with Crippen LogP contribution in [0.2, 0.25) is 0 Å². The van der Waals surface area contributed by atoms with Crippen molar-refractivity contribution in [2.45, 2.75) is 0 Å². The third-order valence-corrected chi connectivity index (χ3v) is 9.91. The number of para-hydroxylation sites is 6. The Morgan fingerprint density at radius 1 is 0.412 bits per heavy atom. The van der Waals surface area contributed by atoms with Crippen LogP contribution in [0.4, 0.5) is 0 Å². The number of fused-ring (bicyclic) bond motifs is 9. The van der Waals surface area contributed by atoms with Crippen molar-refractivity contribution in [3.05, 3.63) is 158 Å². The van der Waals surface area contributed by atoms with Crippen molar-refractivity contribution in [2.75, 3.05) is 0 Å². The van der Waals surface area contributed by atoms with E-state index in [1.165, 1.54) is 0 Å². The zero-order valence-corrected chi connectivity index (χ0v) is 27.1. The van der Waals surface area contributed by atoms with Gasteiger partial charge in [-0.15, -0.1) is 0 Å². The molecule has 11 aromatic rings. The Morgan fingerprint density at radius 3 is 1.73 bits per heavy atom. The first-order valence-corrected chi connectivity index (χ1v) is 16.9. The molecule has 0 unspecified atom stereocenters. The van der Waals surface area contributed by atoms with E-state index in [0.29, 0.717) is 17.6 Å². The van der Waals surface area contributed by atoms with E-state index in [4.69, 9.17) is 19.4 Å². The molecular formula is C44H26N6O. The summed E-state index contributed by atoms with van der Waals surface area (Å²) in [5.74, 6) is 1.62. The van der Waals surface area contributed by atoms with E-state index < -0.39 is 0 Å². The molecule has 6 aromatic carbocycles. The molecule has 0 N–H and O–H groups in total. The van der Waals surface area contributed by atoms with Gasteiger partial charge in [-0.1, -0.05) is 97.1 Å². The second kappa shape index (κ2) is 10.7. The Kier molecular flexibility index (Phi) is 5.83. The van der Waals surface area contributed by atoms with Crippen LogP contribution in [0.15, 0.2) is 162 Å². The molecule has 0 saturated carbocycles. The van der Waals surface area contributed by atoms with Crippen molar-refractivity contribution in [3.8, 4) is 34.4 Å². The van der Waals surface area contributed by atoms with Gasteiger partial charge in [-0.2, -0.15) is 9.97 Å². The number of pyridine rings is 1. The van der Waals surface area contributed by atoms with Gasteiger partial charge >= 0.3 is 0 Å². The number of nitrogens with zero attached hydrogens (tertiary/aromatic N) is 6. The summed E-state index contributed by atoms with van der Waals surface area (Å²) in [6, 6.07) is 49.9. The molecular weight excluding hydrogens is 629 g/mol. The maximum atomic E-state index is 6.52. The average Bonchev–Trinajstić information content (AvgIpc) is 3.86. The molecule has 7 nitrogen and oxygen atoms in total. The van der Waals surface area contributed by atoms with Gasteiger partial charge in [0, 0.05) is 50.3 Å². The van der Waals surface area contributed by atoms with Gasteiger partial charge in [0.2, 0.25) is 5.95 Å². The molecule has 51 heavy (non-hydrogen) atoms. The molecule has 0 aliphatic carbocycles. The monoisotopic (exact) mass is 654 g/mol. The number of furan rings is 1. The van der Waals surface area contributed by atoms with Crippen LogP contribution in [0, 0.1) is 0 Å². The van der Waals surface area contributed by atoms with Crippen LogP contribution >= 0.6 is 0 Å². The summed E-state index contributed by atoms with van der Waals surface area (Å²) < 4.78 is 10.9. The number of hydrogen-bond acceptors (Lipinski definition) is 5. The first kappa shape index (κ1) is 27.8. The smallest absolute Gasteiger partial charge is 0.238 e. The van der Waals surface area contributed by atoms with E-state index in [1.54, 1.807) is 0 Å². The fraction of sp³-hybridized carbons (Fsp3) is 0. The maximum absolute atomic E-state index is 6.52. The van der Waals surface area contributed by atoms with Gasteiger partial charge in [-0.05, 0) is 48.5 Å². The standard InChI is InChI=1S/C44H26N6O/c1-7-20-36-27(12-1)28-13-2-8-21-37(28)50(36)44-47-42(46-43(48-44)33-18-11-17-31-30-15-5-10-23-40(30)51-41(31)33)32-16-4-9-22-38(32)49-35-19-6-3-14-29(35)34-26-45-25-24-39(34)49/h1-26H. The number of rotatable bonds is 4. The maximum Gasteiger partial charge on any atom is 0.238 e. The van der Waals surface area contributed by atoms with Gasteiger partial charge in [0.15, 0.2) is 11.6 Å². The molecule has 7 heteroatoms. The van der Waals surface area contributed by atoms with Crippen LogP contribution in [0.5, 0.6) is 0 Å². The molecule has 238 valence electrons. The molecule has 0 fully saturated rings. The molecule has 0 saturated heterocycles. The van der Waals surface area contributed by atoms with Crippen LogP contribution in [0.3, 0.4) is 0 Å². The SMILES string of the molecule is c1ccc(-n2c3ccccc3c3cnccc32)c(-c2nc(-c3cccc4c3oc3ccccc34)nc(-n3c4ccccc4c4ccccc43)n2)c1. The minimum atomic E-state index is 0.529. The second-order valence-corrected chi connectivity index (χ2v) is 12.7. The minimum absolute atomic E-state index is 0.529. The zero-order chi connectivity index (χ0) is 33.5. The number of hydrogen-bond donors (Lipinski definition) is 0. The predicted octanol–water partition coefficient (Wildman–Crippen LogP) is 10.7. The number of aromatic nitrogens is 6. The van der Waals surface area contributed by atoms with Crippen LogP contribution in [-0.2, 0) is 0 Å². The van der Waals surface area contributed by atoms with E-state index in [1.807, 2.05) is 48.8 Å². The molecule has 0 radical (unpaired) electrons. The lowest BCUT2D eigenvalue weighted by atomic mass is 10.1. The fourth-order valence-electron chi connectivity index (χ4n) is 7.70. The van der Waals surface area contributed by atoms with Gasteiger partial charge in [0.25, 0.3) is 0 Å². The largest absolute Gasteiger partial charge is 0.455 e. The fourth-order valence-corrected chi connectivity index (χ4v) is 7.70. The third kappa shape index (κ3) is 4.06. The van der Waals surface area contributed by atoms with Gasteiger partial charge in [0.05, 0.1) is 33.3 Å². The van der Waals surface area contributed by atoms with Crippen molar-refractivity contribution < 1.29 is 4.42 Å². The summed E-state index contributed by atoms with van der Waals surface area (Å²) in [6.45, 7) is 0. The summed E-state index contributed by atoms with van der Waals surface area (Å²) >= 11 is 0. The van der Waals surface area contributed by atoms with Crippen LogP contribution < -0.4 is 0 Å². The Bertz CT molecular complexity index is 3060. The highest BCUT2D eigenvalue weighted by Crippen LogP contribution is 2.39. The Balaban J connectivity index is 1.24. The van der Waals surface area contributed by atoms with E-state index in [0.717, 1.165) is 82.4 Å². The Morgan fingerprint density at radius 2 is 0.961 bits per heavy atom. The highest BCUT2D eigenvalue weighted by molar-refractivity contribution is 6.11. The van der Waals surface area contributed by atoms with Crippen molar-refractivity contribution in [2.24, 2.45) is 0 Å². The zero-order valence-electron chi connectivity index (χ0n) is 27.1. The molecule has 0 atom stereocenters. The summed E-state index contributed by atoms with van der Waals surface area (Å²) in [5, 5.41) is 6.56. The van der Waals surface area contributed by atoms with Crippen LogP contribution in [0.1, 0.15) is 0 Å². The van der Waals surface area contributed by atoms with Gasteiger partial charge in [-0.3, -0.25) is 9.55 Å². The van der Waals surface area contributed by atoms with E-state index in [-0.39, 0.29) is 0 Å². The van der Waals surface area contributed by atoms with E-state index in [2.05, 4.69) is 123 Å². The third-order valence-electron chi connectivity index (χ3n) is 9.91. The normalized spacial score (nSPS) is 11.9. The number of benzene rings is 6. The highest BCUT2D eigenvalue weighted by Gasteiger charge is 2.22. The predicted molar refractivity (Wildman–Crippen MR) is 204 cm³/mol. The lowest BCUT2D eigenvalue weighted by Gasteiger charge is -2.15. The Labute approximate surface area is 290 Å². The topological polar surface area (TPSA) is 74.6 Å². The van der Waals surface area contributed by atoms with Crippen molar-refractivity contribution in [1.29, 1.82) is 0 Å². The van der Waals surface area contributed by atoms with Crippen molar-refractivity contribution in [1.82, 2.24) is 29.1 Å². The Hall–Kier alpha value is -7.12. The molecule has 0 bridgehead atoms. The van der Waals surface area contributed by atoms with Crippen LogP contribution in [-0.4, -0.2) is 29.1 Å². The molecule has 5 aromatic heterocycles. The van der Waals surface area contributed by atoms with Gasteiger partial charge in [-0.25, -0.2) is 4.98 Å². The second-order valence-electron chi connectivity index (χ2n) is 12.7. The van der Waals surface area contributed by atoms with E-state index >= 15 is 0 Å². The quantitative estimate of drug-likeness (QED) is 0.189. The first-order chi connectivity index (χ1) is 25.3. The van der Waals surface area contributed by atoms with Gasteiger partial charge in [0.1, 0.15) is 11.2 Å². The lowest BCUT2D eigenvalue weighted by molar-refractivity contribution is 0.669. The molecule has 11 rings (SSSR count). The summed E-state index contributed by atoms with van der Waals surface area (Å²) in [4.78, 5) is 20.3. The summed E-state index contributed by atoms with van der Waals surface area (Å²) in [6.07, 6.45) is 3.78. The van der Waals surface area contributed by atoms with Gasteiger partial charge < -0.3 is 8.98 Å². The first-order valence-electron chi connectivity index (χ1n) is 16.9. The molecule has 0 aliphatic rings. The molecule has 0 spiro atoms. The van der Waals surface area contributed by atoms with Crippen LogP contribution in [0.25, 0.3) is 100.0 Å². The molecule has 0 aliphatic heterocycles. The van der Waals surface area contributed by atoms with Crippen molar-refractivity contribution >= 4 is 65.6 Å². The summed E-state index contributed by atoms with van der Waals surface area (Å²) in [7, 11) is 0. The summed E-state index contributed by atoms with van der Waals surface area (Å²) in [5.41, 5.74) is 8.38. The molecule has 0 amide bonds. The lowest BCUT2D eigenvalue weighted by Crippen LogP contribution is -2.08. The van der Waals surface area contributed by atoms with Crippen molar-refractivity contribution in [3.63, 3.8) is 0 Å². The minimum Gasteiger partial charge on any atom is -0.455 e. The molecule has 5 heterocycles. The van der Waals surface area contributed by atoms with E-state index in [9.17, 15) is 0 Å².